The smallest absolute Gasteiger partial charge is 0.239 e. The van der Waals surface area contributed by atoms with Crippen LogP contribution in [0, 0.1) is 13.8 Å². The van der Waals surface area contributed by atoms with E-state index in [-0.39, 0.29) is 18.4 Å². The van der Waals surface area contributed by atoms with Crippen molar-refractivity contribution in [3.05, 3.63) is 47.2 Å². The Morgan fingerprint density at radius 1 is 1.15 bits per heavy atom. The van der Waals surface area contributed by atoms with Gasteiger partial charge in [0.2, 0.25) is 11.8 Å². The Morgan fingerprint density at radius 2 is 1.88 bits per heavy atom. The molecule has 0 unspecified atom stereocenters. The summed E-state index contributed by atoms with van der Waals surface area (Å²) in [5.74, 6) is 1.10. The fourth-order valence-corrected chi connectivity index (χ4v) is 3.05. The summed E-state index contributed by atoms with van der Waals surface area (Å²) in [5, 5.41) is 6.47. The molecule has 3 rings (SSSR count). The van der Waals surface area contributed by atoms with Crippen molar-refractivity contribution in [3.63, 3.8) is 0 Å². The maximum atomic E-state index is 12.5. The molecule has 138 valence electrons. The topological polar surface area (TPSA) is 78.7 Å². The molecule has 1 saturated heterocycles. The Bertz CT molecular complexity index is 779. The molecule has 2 aromatic rings. The molecule has 1 aliphatic rings. The van der Waals surface area contributed by atoms with Crippen molar-refractivity contribution in [3.8, 4) is 0 Å². The monoisotopic (exact) mass is 356 g/mol. The summed E-state index contributed by atoms with van der Waals surface area (Å²) in [6.45, 7) is 6.73. The molecular weight excluding hydrogens is 332 g/mol. The van der Waals surface area contributed by atoms with Crippen LogP contribution in [0.3, 0.4) is 0 Å². The number of nitrogens with zero attached hydrogens (tertiary/aromatic N) is 3. The Hall–Kier alpha value is -2.67. The van der Waals surface area contributed by atoms with E-state index in [0.717, 1.165) is 11.1 Å². The lowest BCUT2D eigenvalue weighted by molar-refractivity contribution is -0.132. The molecule has 0 radical (unpaired) electrons. The number of amides is 2. The minimum absolute atomic E-state index is 0.127. The second kappa shape index (κ2) is 8.14. The minimum Gasteiger partial charge on any atom is -0.360 e. The van der Waals surface area contributed by atoms with Gasteiger partial charge in [0.25, 0.3) is 0 Å². The predicted molar refractivity (Wildman–Crippen MR) is 97.8 cm³/mol. The molecule has 1 aromatic heterocycles. The van der Waals surface area contributed by atoms with E-state index in [2.05, 4.69) is 10.5 Å². The molecule has 1 fully saturated rings. The fourth-order valence-electron chi connectivity index (χ4n) is 3.05. The standard InChI is InChI=1S/C19H24N4O3/c1-14-5-3-4-6-16(14)12-19(25)23-9-7-22(8-10-23)13-18(24)20-17-11-15(2)26-21-17/h3-6,11H,7-10,12-13H2,1-2H3,(H,20,21,24). The van der Waals surface area contributed by atoms with Crippen LogP contribution in [0.4, 0.5) is 5.82 Å². The number of hydrogen-bond acceptors (Lipinski definition) is 5. The number of hydrogen-bond donors (Lipinski definition) is 1. The molecule has 0 spiro atoms. The number of aryl methyl sites for hydroxylation is 2. The first-order valence-corrected chi connectivity index (χ1v) is 8.79. The third kappa shape index (κ3) is 4.70. The van der Waals surface area contributed by atoms with Gasteiger partial charge in [-0.1, -0.05) is 29.4 Å². The third-order valence-corrected chi connectivity index (χ3v) is 4.59. The van der Waals surface area contributed by atoms with E-state index in [9.17, 15) is 9.59 Å². The van der Waals surface area contributed by atoms with Gasteiger partial charge < -0.3 is 14.7 Å². The largest absolute Gasteiger partial charge is 0.360 e. The quantitative estimate of drug-likeness (QED) is 0.881. The highest BCUT2D eigenvalue weighted by Gasteiger charge is 2.23. The molecule has 0 atom stereocenters. The normalized spacial score (nSPS) is 15.1. The van der Waals surface area contributed by atoms with Crippen LogP contribution in [0.5, 0.6) is 0 Å². The zero-order chi connectivity index (χ0) is 18.5. The van der Waals surface area contributed by atoms with Crippen molar-refractivity contribution in [1.29, 1.82) is 0 Å². The predicted octanol–water partition coefficient (Wildman–Crippen LogP) is 1.62. The van der Waals surface area contributed by atoms with Crippen LogP contribution >= 0.6 is 0 Å². The van der Waals surface area contributed by atoms with Crippen molar-refractivity contribution in [1.82, 2.24) is 15.0 Å². The average Bonchev–Trinajstić information content (AvgIpc) is 3.02. The summed E-state index contributed by atoms with van der Waals surface area (Å²) in [6, 6.07) is 9.64. The van der Waals surface area contributed by atoms with Gasteiger partial charge in [-0.3, -0.25) is 14.5 Å². The Morgan fingerprint density at radius 3 is 2.54 bits per heavy atom. The van der Waals surface area contributed by atoms with Crippen LogP contribution in [-0.2, 0) is 16.0 Å². The first-order chi connectivity index (χ1) is 12.5. The van der Waals surface area contributed by atoms with Gasteiger partial charge in [-0.2, -0.15) is 0 Å². The van der Waals surface area contributed by atoms with Gasteiger partial charge in [-0.25, -0.2) is 0 Å². The molecule has 0 bridgehead atoms. The Labute approximate surface area is 152 Å². The number of carbonyl (C=O) groups excluding carboxylic acids is 2. The zero-order valence-electron chi connectivity index (χ0n) is 15.2. The molecule has 1 aliphatic heterocycles. The molecule has 1 aromatic carbocycles. The lowest BCUT2D eigenvalue weighted by Crippen LogP contribution is -2.50. The van der Waals surface area contributed by atoms with Crippen molar-refractivity contribution >= 4 is 17.6 Å². The van der Waals surface area contributed by atoms with Crippen LogP contribution in [0.15, 0.2) is 34.9 Å². The maximum Gasteiger partial charge on any atom is 0.239 e. The van der Waals surface area contributed by atoms with Crippen molar-refractivity contribution in [2.45, 2.75) is 20.3 Å². The average molecular weight is 356 g/mol. The molecule has 7 heteroatoms. The molecule has 2 heterocycles. The van der Waals surface area contributed by atoms with E-state index < -0.39 is 0 Å². The van der Waals surface area contributed by atoms with Crippen LogP contribution in [0.1, 0.15) is 16.9 Å². The van der Waals surface area contributed by atoms with E-state index in [1.165, 1.54) is 0 Å². The van der Waals surface area contributed by atoms with Crippen molar-refractivity contribution in [2.24, 2.45) is 0 Å². The van der Waals surface area contributed by atoms with Crippen LogP contribution in [0.25, 0.3) is 0 Å². The first kappa shape index (κ1) is 18.1. The number of nitrogens with one attached hydrogen (secondary N) is 1. The van der Waals surface area contributed by atoms with Gasteiger partial charge in [-0.15, -0.1) is 0 Å². The number of benzene rings is 1. The number of carbonyl (C=O) groups is 2. The molecule has 26 heavy (non-hydrogen) atoms. The molecule has 0 aliphatic carbocycles. The van der Waals surface area contributed by atoms with E-state index in [1.54, 1.807) is 13.0 Å². The summed E-state index contributed by atoms with van der Waals surface area (Å²) in [6.07, 6.45) is 0.429. The van der Waals surface area contributed by atoms with Crippen LogP contribution < -0.4 is 5.32 Å². The highest BCUT2D eigenvalue weighted by Crippen LogP contribution is 2.11. The lowest BCUT2D eigenvalue weighted by atomic mass is 10.1. The van der Waals surface area contributed by atoms with E-state index >= 15 is 0 Å². The van der Waals surface area contributed by atoms with Crippen LogP contribution in [-0.4, -0.2) is 59.5 Å². The number of rotatable bonds is 5. The summed E-state index contributed by atoms with van der Waals surface area (Å²) >= 11 is 0. The molecule has 1 N–H and O–H groups in total. The Kier molecular flexibility index (Phi) is 5.68. The second-order valence-electron chi connectivity index (χ2n) is 6.63. The third-order valence-electron chi connectivity index (χ3n) is 4.59. The van der Waals surface area contributed by atoms with E-state index in [0.29, 0.717) is 44.2 Å². The molecule has 0 saturated carbocycles. The molecule has 2 amide bonds. The van der Waals surface area contributed by atoms with Gasteiger partial charge in [0.15, 0.2) is 5.82 Å². The Balaban J connectivity index is 1.44. The van der Waals surface area contributed by atoms with Crippen molar-refractivity contribution in [2.75, 3.05) is 38.0 Å². The second-order valence-corrected chi connectivity index (χ2v) is 6.63. The fraction of sp³-hybridized carbons (Fsp3) is 0.421. The van der Waals surface area contributed by atoms with Gasteiger partial charge >= 0.3 is 0 Å². The summed E-state index contributed by atoms with van der Waals surface area (Å²) < 4.78 is 4.93. The minimum atomic E-state index is -0.127. The van der Waals surface area contributed by atoms with Gasteiger partial charge in [0.05, 0.1) is 13.0 Å². The van der Waals surface area contributed by atoms with Gasteiger partial charge in [0.1, 0.15) is 5.76 Å². The van der Waals surface area contributed by atoms with E-state index in [4.69, 9.17) is 4.52 Å². The van der Waals surface area contributed by atoms with Gasteiger partial charge in [-0.05, 0) is 25.0 Å². The summed E-state index contributed by atoms with van der Waals surface area (Å²) in [5.41, 5.74) is 2.21. The van der Waals surface area contributed by atoms with Gasteiger partial charge in [0, 0.05) is 32.2 Å². The highest BCUT2D eigenvalue weighted by molar-refractivity contribution is 5.91. The molecular formula is C19H24N4O3. The number of piperazine rings is 1. The maximum absolute atomic E-state index is 12.5. The highest BCUT2D eigenvalue weighted by atomic mass is 16.5. The number of aromatic nitrogens is 1. The van der Waals surface area contributed by atoms with Crippen LogP contribution in [0.2, 0.25) is 0 Å². The summed E-state index contributed by atoms with van der Waals surface area (Å²) in [4.78, 5) is 28.5. The first-order valence-electron chi connectivity index (χ1n) is 8.79. The SMILES string of the molecule is Cc1cc(NC(=O)CN2CCN(C(=O)Cc3ccccc3C)CC2)no1. The lowest BCUT2D eigenvalue weighted by Gasteiger charge is -2.34. The van der Waals surface area contributed by atoms with E-state index in [1.807, 2.05) is 41.0 Å². The molecule has 7 nitrogen and oxygen atoms in total. The zero-order valence-corrected chi connectivity index (χ0v) is 15.2. The van der Waals surface area contributed by atoms with Crippen molar-refractivity contribution < 1.29 is 14.1 Å². The summed E-state index contributed by atoms with van der Waals surface area (Å²) in [7, 11) is 0. The number of anilines is 1.